The number of nitrogens with two attached hydrogens (primary N) is 1. The fraction of sp³-hybridized carbons (Fsp3) is 0.400. The van der Waals surface area contributed by atoms with Crippen LogP contribution in [0, 0.1) is 0 Å². The quantitative estimate of drug-likeness (QED) is 0.868. The van der Waals surface area contributed by atoms with Crippen molar-refractivity contribution in [2.75, 3.05) is 23.7 Å². The molecule has 0 unspecified atom stereocenters. The van der Waals surface area contributed by atoms with Crippen LogP contribution in [0.25, 0.3) is 11.1 Å². The summed E-state index contributed by atoms with van der Waals surface area (Å²) in [4.78, 5) is 2.48. The number of aromatic nitrogens is 2. The minimum Gasteiger partial charge on any atom is -0.384 e. The van der Waals surface area contributed by atoms with E-state index in [2.05, 4.69) is 39.4 Å². The maximum atomic E-state index is 5.97. The van der Waals surface area contributed by atoms with Crippen LogP contribution >= 0.6 is 0 Å². The normalized spacial score (nSPS) is 16.3. The summed E-state index contributed by atoms with van der Waals surface area (Å²) in [5.41, 5.74) is 9.42. The minimum absolute atomic E-state index is 0.641. The van der Waals surface area contributed by atoms with Crippen molar-refractivity contribution < 1.29 is 0 Å². The van der Waals surface area contributed by atoms with E-state index in [9.17, 15) is 0 Å². The van der Waals surface area contributed by atoms with Gasteiger partial charge in [-0.3, -0.25) is 5.10 Å². The van der Waals surface area contributed by atoms with Crippen molar-refractivity contribution in [3.05, 3.63) is 30.5 Å². The molecule has 3 N–H and O–H groups in total. The molecule has 1 aliphatic rings. The SMILES string of the molecule is Nc1[nH]ncc1-c1ccccc1N1CCCCCC1. The predicted molar refractivity (Wildman–Crippen MR) is 79.1 cm³/mol. The molecule has 0 amide bonds. The zero-order valence-corrected chi connectivity index (χ0v) is 11.1. The van der Waals surface area contributed by atoms with Crippen LogP contribution in [-0.2, 0) is 0 Å². The Bertz CT molecular complexity index is 539. The molecule has 0 radical (unpaired) electrons. The highest BCUT2D eigenvalue weighted by molar-refractivity contribution is 5.83. The van der Waals surface area contributed by atoms with E-state index in [0.717, 1.165) is 18.7 Å². The van der Waals surface area contributed by atoms with Gasteiger partial charge >= 0.3 is 0 Å². The van der Waals surface area contributed by atoms with Crippen LogP contribution in [0.4, 0.5) is 11.5 Å². The van der Waals surface area contributed by atoms with E-state index >= 15 is 0 Å². The number of para-hydroxylation sites is 1. The molecule has 0 bridgehead atoms. The van der Waals surface area contributed by atoms with Gasteiger partial charge < -0.3 is 10.6 Å². The van der Waals surface area contributed by atoms with Gasteiger partial charge in [-0.1, -0.05) is 31.0 Å². The van der Waals surface area contributed by atoms with E-state index in [1.807, 2.05) is 6.20 Å². The monoisotopic (exact) mass is 256 g/mol. The molecule has 2 heterocycles. The highest BCUT2D eigenvalue weighted by Crippen LogP contribution is 2.34. The second kappa shape index (κ2) is 5.34. The molecule has 3 rings (SSSR count). The van der Waals surface area contributed by atoms with Gasteiger partial charge in [0.2, 0.25) is 0 Å². The molecule has 1 aromatic carbocycles. The summed E-state index contributed by atoms with van der Waals surface area (Å²) in [6, 6.07) is 8.47. The number of hydrogen-bond donors (Lipinski definition) is 2. The Kier molecular flexibility index (Phi) is 3.40. The van der Waals surface area contributed by atoms with Crippen LogP contribution in [0.5, 0.6) is 0 Å². The molecule has 0 aliphatic carbocycles. The van der Waals surface area contributed by atoms with Crippen molar-refractivity contribution in [1.29, 1.82) is 0 Å². The van der Waals surface area contributed by atoms with Crippen molar-refractivity contribution in [1.82, 2.24) is 10.2 Å². The second-order valence-corrected chi connectivity index (χ2v) is 5.12. The van der Waals surface area contributed by atoms with Crippen LogP contribution in [0.2, 0.25) is 0 Å². The molecule has 19 heavy (non-hydrogen) atoms. The lowest BCUT2D eigenvalue weighted by Gasteiger charge is -2.25. The maximum Gasteiger partial charge on any atom is 0.126 e. The number of H-pyrrole nitrogens is 1. The summed E-state index contributed by atoms with van der Waals surface area (Å²) in [5.74, 6) is 0.641. The van der Waals surface area contributed by atoms with E-state index in [4.69, 9.17) is 5.73 Å². The van der Waals surface area contributed by atoms with E-state index in [1.54, 1.807) is 0 Å². The van der Waals surface area contributed by atoms with Crippen LogP contribution in [0.15, 0.2) is 30.5 Å². The number of nitrogen functional groups attached to an aromatic ring is 1. The van der Waals surface area contributed by atoms with Crippen molar-refractivity contribution in [3.8, 4) is 11.1 Å². The van der Waals surface area contributed by atoms with Gasteiger partial charge in [0.25, 0.3) is 0 Å². The van der Waals surface area contributed by atoms with Gasteiger partial charge in [0, 0.05) is 29.9 Å². The highest BCUT2D eigenvalue weighted by Gasteiger charge is 2.16. The van der Waals surface area contributed by atoms with Gasteiger partial charge in [0.05, 0.1) is 6.20 Å². The lowest BCUT2D eigenvalue weighted by molar-refractivity contribution is 0.726. The average Bonchev–Trinajstić information content (AvgIpc) is 2.71. The van der Waals surface area contributed by atoms with Crippen LogP contribution in [0.1, 0.15) is 25.7 Å². The van der Waals surface area contributed by atoms with Gasteiger partial charge in [-0.25, -0.2) is 0 Å². The first-order valence-electron chi connectivity index (χ1n) is 6.99. The largest absolute Gasteiger partial charge is 0.384 e. The Hall–Kier alpha value is -1.97. The van der Waals surface area contributed by atoms with Crippen molar-refractivity contribution >= 4 is 11.5 Å². The summed E-state index contributed by atoms with van der Waals surface area (Å²) < 4.78 is 0. The number of anilines is 2. The van der Waals surface area contributed by atoms with E-state index in [0.29, 0.717) is 5.82 Å². The van der Waals surface area contributed by atoms with Gasteiger partial charge in [-0.2, -0.15) is 5.10 Å². The van der Waals surface area contributed by atoms with Gasteiger partial charge in [-0.15, -0.1) is 0 Å². The summed E-state index contributed by atoms with van der Waals surface area (Å²) >= 11 is 0. The van der Waals surface area contributed by atoms with Gasteiger partial charge in [0.15, 0.2) is 0 Å². The fourth-order valence-electron chi connectivity index (χ4n) is 2.80. The zero-order chi connectivity index (χ0) is 13.1. The Morgan fingerprint density at radius 2 is 1.74 bits per heavy atom. The van der Waals surface area contributed by atoms with Crippen molar-refractivity contribution in [2.24, 2.45) is 0 Å². The molecule has 1 fully saturated rings. The molecule has 4 heteroatoms. The van der Waals surface area contributed by atoms with Crippen molar-refractivity contribution in [3.63, 3.8) is 0 Å². The van der Waals surface area contributed by atoms with Gasteiger partial charge in [0.1, 0.15) is 5.82 Å². The summed E-state index contributed by atoms with van der Waals surface area (Å²) in [7, 11) is 0. The van der Waals surface area contributed by atoms with E-state index < -0.39 is 0 Å². The van der Waals surface area contributed by atoms with Crippen LogP contribution in [0.3, 0.4) is 0 Å². The molecule has 4 nitrogen and oxygen atoms in total. The molecule has 100 valence electrons. The lowest BCUT2D eigenvalue weighted by atomic mass is 10.1. The zero-order valence-electron chi connectivity index (χ0n) is 11.1. The molecule has 2 aromatic rings. The molecule has 0 atom stereocenters. The average molecular weight is 256 g/mol. The van der Waals surface area contributed by atoms with Gasteiger partial charge in [-0.05, 0) is 18.9 Å². The Morgan fingerprint density at radius 1 is 1.00 bits per heavy atom. The predicted octanol–water partition coefficient (Wildman–Crippen LogP) is 3.04. The Balaban J connectivity index is 1.99. The first-order chi connectivity index (χ1) is 9.36. The molecular weight excluding hydrogens is 236 g/mol. The number of nitrogens with one attached hydrogen (secondary N) is 1. The topological polar surface area (TPSA) is 57.9 Å². The fourth-order valence-corrected chi connectivity index (χ4v) is 2.80. The number of hydrogen-bond acceptors (Lipinski definition) is 3. The number of rotatable bonds is 2. The molecule has 0 saturated carbocycles. The number of benzene rings is 1. The number of nitrogens with zero attached hydrogens (tertiary/aromatic N) is 2. The van der Waals surface area contributed by atoms with Crippen molar-refractivity contribution in [2.45, 2.75) is 25.7 Å². The third-order valence-electron chi connectivity index (χ3n) is 3.81. The summed E-state index contributed by atoms with van der Waals surface area (Å²) in [6.45, 7) is 2.27. The molecule has 1 aliphatic heterocycles. The first-order valence-corrected chi connectivity index (χ1v) is 6.99. The van der Waals surface area contributed by atoms with Crippen LogP contribution in [-0.4, -0.2) is 23.3 Å². The van der Waals surface area contributed by atoms with Crippen LogP contribution < -0.4 is 10.6 Å². The molecule has 0 spiro atoms. The smallest absolute Gasteiger partial charge is 0.126 e. The highest BCUT2D eigenvalue weighted by atomic mass is 15.2. The summed E-state index contributed by atoms with van der Waals surface area (Å²) in [6.07, 6.45) is 7.04. The van der Waals surface area contributed by atoms with E-state index in [1.165, 1.54) is 36.9 Å². The maximum absolute atomic E-state index is 5.97. The number of aromatic amines is 1. The Morgan fingerprint density at radius 3 is 2.42 bits per heavy atom. The first kappa shape index (κ1) is 12.1. The second-order valence-electron chi connectivity index (χ2n) is 5.12. The van der Waals surface area contributed by atoms with E-state index in [-0.39, 0.29) is 0 Å². The standard InChI is InChI=1S/C15H20N4/c16-15-13(11-17-18-15)12-7-3-4-8-14(12)19-9-5-1-2-6-10-19/h3-4,7-8,11H,1-2,5-6,9-10H2,(H3,16,17,18). The third-order valence-corrected chi connectivity index (χ3v) is 3.81. The molecular formula is C15H20N4. The Labute approximate surface area is 113 Å². The lowest BCUT2D eigenvalue weighted by Crippen LogP contribution is -2.24. The minimum atomic E-state index is 0.641. The summed E-state index contributed by atoms with van der Waals surface area (Å²) in [5, 5.41) is 6.85. The molecule has 1 saturated heterocycles. The molecule has 1 aromatic heterocycles. The third kappa shape index (κ3) is 2.43.